The standard InChI is InChI=1S/C18H18N2O8S/c1-19(12-7-5-4-6-8-12)29(25,26)13-9-10-14(15(11-13)20(23)24)16(17(21)27-2)18(22)28-3/h4-11,16H,1-3H3. The molecule has 0 bridgehead atoms. The number of methoxy groups -OCH3 is 2. The maximum absolute atomic E-state index is 12.9. The second kappa shape index (κ2) is 8.69. The lowest BCUT2D eigenvalue weighted by atomic mass is 9.97. The quantitative estimate of drug-likeness (QED) is 0.286. The molecule has 0 aliphatic rings. The van der Waals surface area contributed by atoms with Gasteiger partial charge in [0.15, 0.2) is 5.92 Å². The van der Waals surface area contributed by atoms with Gasteiger partial charge in [-0.1, -0.05) is 18.2 Å². The van der Waals surface area contributed by atoms with Gasteiger partial charge in [0.25, 0.3) is 15.7 Å². The van der Waals surface area contributed by atoms with Crippen LogP contribution in [0.15, 0.2) is 53.4 Å². The minimum Gasteiger partial charge on any atom is -0.468 e. The average Bonchev–Trinajstić information content (AvgIpc) is 2.73. The van der Waals surface area contributed by atoms with E-state index >= 15 is 0 Å². The van der Waals surface area contributed by atoms with E-state index in [9.17, 15) is 28.1 Å². The molecule has 0 unspecified atom stereocenters. The highest BCUT2D eigenvalue weighted by atomic mass is 32.2. The molecular formula is C18H18N2O8S. The lowest BCUT2D eigenvalue weighted by Crippen LogP contribution is -2.27. The van der Waals surface area contributed by atoms with Gasteiger partial charge in [0, 0.05) is 13.1 Å². The number of sulfonamides is 1. The van der Waals surface area contributed by atoms with Crippen molar-refractivity contribution in [2.45, 2.75) is 10.8 Å². The molecule has 0 amide bonds. The molecule has 2 rings (SSSR count). The molecule has 0 aliphatic carbocycles. The number of esters is 2. The van der Waals surface area contributed by atoms with Crippen LogP contribution in [0.25, 0.3) is 0 Å². The Hall–Kier alpha value is -3.47. The second-order valence-electron chi connectivity index (χ2n) is 5.77. The Morgan fingerprint density at radius 1 is 1.03 bits per heavy atom. The van der Waals surface area contributed by atoms with Crippen molar-refractivity contribution >= 4 is 33.3 Å². The van der Waals surface area contributed by atoms with E-state index in [1.54, 1.807) is 30.3 Å². The first kappa shape index (κ1) is 21.8. The maximum atomic E-state index is 12.9. The van der Waals surface area contributed by atoms with Crippen molar-refractivity contribution in [2.24, 2.45) is 0 Å². The van der Waals surface area contributed by atoms with Gasteiger partial charge in [-0.25, -0.2) is 8.42 Å². The molecule has 0 N–H and O–H groups in total. The number of ether oxygens (including phenoxy) is 2. The molecule has 29 heavy (non-hydrogen) atoms. The minimum atomic E-state index is -4.15. The number of nitrogens with zero attached hydrogens (tertiary/aromatic N) is 2. The van der Waals surface area contributed by atoms with Crippen LogP contribution in [0.2, 0.25) is 0 Å². The molecule has 0 aliphatic heterocycles. The zero-order valence-electron chi connectivity index (χ0n) is 15.8. The van der Waals surface area contributed by atoms with E-state index in [4.69, 9.17) is 0 Å². The summed E-state index contributed by atoms with van der Waals surface area (Å²) >= 11 is 0. The van der Waals surface area contributed by atoms with E-state index in [1.165, 1.54) is 7.05 Å². The molecule has 0 fully saturated rings. The van der Waals surface area contributed by atoms with Crippen molar-refractivity contribution in [1.29, 1.82) is 0 Å². The van der Waals surface area contributed by atoms with Crippen LogP contribution in [-0.2, 0) is 29.1 Å². The molecule has 0 saturated carbocycles. The smallest absolute Gasteiger partial charge is 0.324 e. The molecule has 10 nitrogen and oxygen atoms in total. The molecule has 154 valence electrons. The average molecular weight is 422 g/mol. The molecule has 0 spiro atoms. The Kier molecular flexibility index (Phi) is 6.54. The summed E-state index contributed by atoms with van der Waals surface area (Å²) in [5, 5.41) is 11.6. The summed E-state index contributed by atoms with van der Waals surface area (Å²) in [5.41, 5.74) is -0.718. The van der Waals surface area contributed by atoms with E-state index in [2.05, 4.69) is 9.47 Å². The van der Waals surface area contributed by atoms with Gasteiger partial charge in [0.1, 0.15) is 0 Å². The van der Waals surface area contributed by atoms with Crippen LogP contribution in [0.3, 0.4) is 0 Å². The normalized spacial score (nSPS) is 11.0. The number of carbonyl (C=O) groups excluding carboxylic acids is 2. The summed E-state index contributed by atoms with van der Waals surface area (Å²) in [6, 6.07) is 11.0. The van der Waals surface area contributed by atoms with Crippen molar-refractivity contribution in [3.8, 4) is 0 Å². The third kappa shape index (κ3) is 4.35. The minimum absolute atomic E-state index is 0.338. The number of benzene rings is 2. The van der Waals surface area contributed by atoms with Gasteiger partial charge in [-0.15, -0.1) is 0 Å². The highest BCUT2D eigenvalue weighted by Gasteiger charge is 2.37. The van der Waals surface area contributed by atoms with E-state index in [-0.39, 0.29) is 10.5 Å². The van der Waals surface area contributed by atoms with Crippen LogP contribution in [0, 0.1) is 10.1 Å². The number of anilines is 1. The van der Waals surface area contributed by atoms with Crippen molar-refractivity contribution in [2.75, 3.05) is 25.6 Å². The molecular weight excluding hydrogens is 404 g/mol. The SMILES string of the molecule is COC(=O)C(C(=O)OC)c1ccc(S(=O)(=O)N(C)c2ccccc2)cc1[N+](=O)[O-]. The number of nitro benzene ring substituents is 1. The third-order valence-electron chi connectivity index (χ3n) is 4.16. The molecule has 0 radical (unpaired) electrons. The Balaban J connectivity index is 2.61. The number of rotatable bonds is 7. The molecule has 0 saturated heterocycles. The molecule has 0 aromatic heterocycles. The van der Waals surface area contributed by atoms with Crippen LogP contribution in [0.5, 0.6) is 0 Å². The monoisotopic (exact) mass is 422 g/mol. The summed E-state index contributed by atoms with van der Waals surface area (Å²) < 4.78 is 35.8. The Labute approximate surface area is 166 Å². The van der Waals surface area contributed by atoms with E-state index < -0.39 is 38.5 Å². The molecule has 11 heteroatoms. The van der Waals surface area contributed by atoms with E-state index in [1.807, 2.05) is 0 Å². The van der Waals surface area contributed by atoms with Crippen molar-refractivity contribution < 1.29 is 32.4 Å². The number of nitro groups is 1. The van der Waals surface area contributed by atoms with Crippen molar-refractivity contribution in [3.63, 3.8) is 0 Å². The van der Waals surface area contributed by atoms with E-state index in [0.717, 1.165) is 36.7 Å². The first-order valence-corrected chi connectivity index (χ1v) is 9.57. The zero-order chi connectivity index (χ0) is 21.8. The maximum Gasteiger partial charge on any atom is 0.324 e. The number of para-hydroxylation sites is 1. The van der Waals surface area contributed by atoms with Gasteiger partial charge in [-0.2, -0.15) is 0 Å². The molecule has 2 aromatic carbocycles. The first-order chi connectivity index (χ1) is 13.6. The predicted molar refractivity (Wildman–Crippen MR) is 102 cm³/mol. The predicted octanol–water partition coefficient (Wildman–Crippen LogP) is 1.85. The lowest BCUT2D eigenvalue weighted by Gasteiger charge is -2.20. The topological polar surface area (TPSA) is 133 Å². The summed E-state index contributed by atoms with van der Waals surface area (Å²) in [6.45, 7) is 0. The summed E-state index contributed by atoms with van der Waals surface area (Å²) in [6.07, 6.45) is 0. The highest BCUT2D eigenvalue weighted by Crippen LogP contribution is 2.32. The summed E-state index contributed by atoms with van der Waals surface area (Å²) in [7, 11) is -0.821. The van der Waals surface area contributed by atoms with Gasteiger partial charge in [-0.3, -0.25) is 24.0 Å². The zero-order valence-corrected chi connectivity index (χ0v) is 16.6. The number of hydrogen-bond acceptors (Lipinski definition) is 8. The number of hydrogen-bond donors (Lipinski definition) is 0. The Morgan fingerprint density at radius 2 is 1.59 bits per heavy atom. The van der Waals surface area contributed by atoms with Gasteiger partial charge in [0.2, 0.25) is 0 Å². The van der Waals surface area contributed by atoms with Gasteiger partial charge in [-0.05, 0) is 24.3 Å². The van der Waals surface area contributed by atoms with Crippen LogP contribution in [0.1, 0.15) is 11.5 Å². The summed E-state index contributed by atoms with van der Waals surface area (Å²) in [4.78, 5) is 34.3. The van der Waals surface area contributed by atoms with Crippen molar-refractivity contribution in [1.82, 2.24) is 0 Å². The Bertz CT molecular complexity index is 1020. The van der Waals surface area contributed by atoms with Crippen molar-refractivity contribution in [3.05, 3.63) is 64.2 Å². The van der Waals surface area contributed by atoms with Crippen LogP contribution < -0.4 is 4.31 Å². The second-order valence-corrected chi connectivity index (χ2v) is 7.73. The number of carbonyl (C=O) groups is 2. The fraction of sp³-hybridized carbons (Fsp3) is 0.222. The van der Waals surface area contributed by atoms with Gasteiger partial charge >= 0.3 is 11.9 Å². The third-order valence-corrected chi connectivity index (χ3v) is 5.94. The largest absolute Gasteiger partial charge is 0.468 e. The van der Waals surface area contributed by atoms with Crippen LogP contribution >= 0.6 is 0 Å². The van der Waals surface area contributed by atoms with Crippen LogP contribution in [0.4, 0.5) is 11.4 Å². The fourth-order valence-electron chi connectivity index (χ4n) is 2.61. The van der Waals surface area contributed by atoms with Gasteiger partial charge in [0.05, 0.1) is 35.3 Å². The summed E-state index contributed by atoms with van der Waals surface area (Å²) in [5.74, 6) is -3.87. The Morgan fingerprint density at radius 3 is 2.07 bits per heavy atom. The lowest BCUT2D eigenvalue weighted by molar-refractivity contribution is -0.385. The molecule has 2 aromatic rings. The molecule has 0 heterocycles. The highest BCUT2D eigenvalue weighted by molar-refractivity contribution is 7.92. The fourth-order valence-corrected chi connectivity index (χ4v) is 3.82. The first-order valence-electron chi connectivity index (χ1n) is 8.13. The van der Waals surface area contributed by atoms with Gasteiger partial charge < -0.3 is 9.47 Å². The van der Waals surface area contributed by atoms with E-state index in [0.29, 0.717) is 5.69 Å². The molecule has 0 atom stereocenters. The van der Waals surface area contributed by atoms with Crippen LogP contribution in [-0.4, -0.2) is 46.5 Å².